The average molecular weight is 663 g/mol. The highest BCUT2D eigenvalue weighted by molar-refractivity contribution is 7.90. The number of nitrogens with zero attached hydrogens (tertiary/aromatic N) is 1. The summed E-state index contributed by atoms with van der Waals surface area (Å²) < 4.78 is 29.0. The first-order valence-corrected chi connectivity index (χ1v) is 16.8. The quantitative estimate of drug-likeness (QED) is 0.0704. The van der Waals surface area contributed by atoms with Crippen LogP contribution in [0.25, 0.3) is 0 Å². The molecule has 1 atom stereocenters. The normalized spacial score (nSPS) is 13.8. The summed E-state index contributed by atoms with van der Waals surface area (Å²) in [5.41, 5.74) is 1.61. The molecule has 0 bridgehead atoms. The summed E-state index contributed by atoms with van der Waals surface area (Å²) in [4.78, 5) is 72.0. The van der Waals surface area contributed by atoms with Crippen molar-refractivity contribution in [3.05, 3.63) is 59.4 Å². The molecule has 3 rings (SSSR count). The van der Waals surface area contributed by atoms with Crippen molar-refractivity contribution >= 4 is 58.0 Å². The van der Waals surface area contributed by atoms with Crippen LogP contribution >= 0.6 is 12.6 Å². The van der Waals surface area contributed by atoms with Crippen molar-refractivity contribution in [1.82, 2.24) is 30.6 Å². The molecule has 0 radical (unpaired) electrons. The van der Waals surface area contributed by atoms with E-state index in [1.165, 1.54) is 0 Å². The standard InChI is InChI=1S/C29H38N6O8S2/c36-24(16-31-25(37)17-32-26(38)18-33-27(39)19-44)30-13-6-1-2-7-15-45(42,43)34-29(41)21-12-14-35-22(21)10-11-23(35)28(40)20-8-4-3-5-9-20/h3-5,8-11,21,44H,1-2,6-7,12-19H2,(H,30,36)(H,31,37)(H,32,38)(H,33,39)(H,34,41). The third-order valence-corrected chi connectivity index (χ3v) is 8.62. The van der Waals surface area contributed by atoms with E-state index in [4.69, 9.17) is 0 Å². The minimum absolute atomic E-state index is 0.0650. The van der Waals surface area contributed by atoms with Crippen molar-refractivity contribution < 1.29 is 37.2 Å². The zero-order valence-electron chi connectivity index (χ0n) is 24.7. The monoisotopic (exact) mass is 662 g/mol. The maximum atomic E-state index is 12.9. The summed E-state index contributed by atoms with van der Waals surface area (Å²) >= 11 is 3.76. The van der Waals surface area contributed by atoms with Gasteiger partial charge in [0, 0.05) is 24.3 Å². The van der Waals surface area contributed by atoms with Crippen molar-refractivity contribution in [1.29, 1.82) is 0 Å². The number of nitrogens with one attached hydrogen (secondary N) is 5. The zero-order chi connectivity index (χ0) is 32.8. The largest absolute Gasteiger partial charge is 0.355 e. The second kappa shape index (κ2) is 17.3. The van der Waals surface area contributed by atoms with Gasteiger partial charge < -0.3 is 25.8 Å². The van der Waals surface area contributed by atoms with Gasteiger partial charge >= 0.3 is 0 Å². The van der Waals surface area contributed by atoms with Gasteiger partial charge in [0.2, 0.25) is 45.3 Å². The van der Waals surface area contributed by atoms with Crippen LogP contribution in [-0.2, 0) is 40.5 Å². The van der Waals surface area contributed by atoms with E-state index in [9.17, 15) is 37.2 Å². The lowest BCUT2D eigenvalue weighted by molar-refractivity contribution is -0.128. The van der Waals surface area contributed by atoms with Crippen LogP contribution in [0.5, 0.6) is 0 Å². The Morgan fingerprint density at radius 1 is 0.756 bits per heavy atom. The SMILES string of the molecule is O=C(CS)NCC(=O)NCC(=O)NCC(=O)NCCCCCCS(=O)(=O)NC(=O)C1CCn2c(C(=O)c3ccccc3)ccc21. The Kier molecular flexibility index (Phi) is 13.6. The van der Waals surface area contributed by atoms with E-state index in [1.54, 1.807) is 41.0 Å². The summed E-state index contributed by atoms with van der Waals surface area (Å²) in [5.74, 6) is -3.69. The Hall–Kier alpha value is -4.18. The highest BCUT2D eigenvalue weighted by Crippen LogP contribution is 2.31. The molecule has 2 aromatic rings. The van der Waals surface area contributed by atoms with Crippen molar-refractivity contribution in [3.8, 4) is 0 Å². The second-order valence-corrected chi connectivity index (χ2v) is 12.5. The van der Waals surface area contributed by atoms with Gasteiger partial charge in [0.05, 0.1) is 42.8 Å². The van der Waals surface area contributed by atoms with Gasteiger partial charge in [-0.2, -0.15) is 12.6 Å². The molecule has 0 spiro atoms. The number of fused-ring (bicyclic) bond motifs is 1. The van der Waals surface area contributed by atoms with Crippen LogP contribution in [0, 0.1) is 0 Å². The Morgan fingerprint density at radius 3 is 2.00 bits per heavy atom. The molecule has 0 aliphatic carbocycles. The molecule has 1 unspecified atom stereocenters. The lowest BCUT2D eigenvalue weighted by Crippen LogP contribution is -2.44. The molecule has 14 nitrogen and oxygen atoms in total. The fourth-order valence-corrected chi connectivity index (χ4v) is 5.94. The zero-order valence-corrected chi connectivity index (χ0v) is 26.4. The number of carbonyl (C=O) groups is 6. The molecule has 5 amide bonds. The first-order valence-electron chi connectivity index (χ1n) is 14.5. The predicted molar refractivity (Wildman–Crippen MR) is 168 cm³/mol. The van der Waals surface area contributed by atoms with Gasteiger partial charge in [0.25, 0.3) is 0 Å². The van der Waals surface area contributed by atoms with Gasteiger partial charge in [-0.15, -0.1) is 0 Å². The first-order chi connectivity index (χ1) is 21.5. The van der Waals surface area contributed by atoms with Gasteiger partial charge in [-0.25, -0.2) is 8.42 Å². The lowest BCUT2D eigenvalue weighted by Gasteiger charge is -2.11. The van der Waals surface area contributed by atoms with Gasteiger partial charge in [0.1, 0.15) is 0 Å². The molecule has 1 aromatic heterocycles. The topological polar surface area (TPSA) is 202 Å². The number of rotatable bonds is 18. The molecular formula is C29H38N6O8S2. The maximum Gasteiger partial charge on any atom is 0.242 e. The molecule has 1 aliphatic rings. The summed E-state index contributed by atoms with van der Waals surface area (Å²) in [6, 6.07) is 12.2. The van der Waals surface area contributed by atoms with E-state index in [0.29, 0.717) is 62.1 Å². The highest BCUT2D eigenvalue weighted by Gasteiger charge is 2.33. The molecule has 2 heterocycles. The Labute approximate surface area is 266 Å². The van der Waals surface area contributed by atoms with Gasteiger partial charge in [-0.1, -0.05) is 43.2 Å². The summed E-state index contributed by atoms with van der Waals surface area (Å²) in [6.45, 7) is -0.148. The summed E-state index contributed by atoms with van der Waals surface area (Å²) in [6.07, 6.45) is 2.51. The van der Waals surface area contributed by atoms with E-state index in [1.807, 2.05) is 6.07 Å². The van der Waals surface area contributed by atoms with E-state index in [-0.39, 0.29) is 36.9 Å². The molecule has 244 valence electrons. The number of carbonyl (C=O) groups excluding carboxylic acids is 6. The number of ketones is 1. The molecule has 1 aromatic carbocycles. The molecule has 45 heavy (non-hydrogen) atoms. The number of unbranched alkanes of at least 4 members (excludes halogenated alkanes) is 3. The minimum atomic E-state index is -3.85. The Balaban J connectivity index is 1.27. The molecule has 1 aliphatic heterocycles. The van der Waals surface area contributed by atoms with E-state index >= 15 is 0 Å². The van der Waals surface area contributed by atoms with Crippen LogP contribution in [0.3, 0.4) is 0 Å². The van der Waals surface area contributed by atoms with Crippen molar-refractivity contribution in [3.63, 3.8) is 0 Å². The molecule has 5 N–H and O–H groups in total. The van der Waals surface area contributed by atoms with Crippen LogP contribution in [-0.4, -0.2) is 86.0 Å². The smallest absolute Gasteiger partial charge is 0.242 e. The van der Waals surface area contributed by atoms with Crippen LogP contribution < -0.4 is 26.0 Å². The number of hydrogen-bond acceptors (Lipinski definition) is 9. The van der Waals surface area contributed by atoms with Crippen LogP contribution in [0.15, 0.2) is 42.5 Å². The average Bonchev–Trinajstić information content (AvgIpc) is 3.63. The molecule has 0 saturated heterocycles. The van der Waals surface area contributed by atoms with Crippen LogP contribution in [0.1, 0.15) is 59.8 Å². The highest BCUT2D eigenvalue weighted by atomic mass is 32.2. The molecule has 0 saturated carbocycles. The number of amides is 5. The number of thiol groups is 1. The maximum absolute atomic E-state index is 12.9. The van der Waals surface area contributed by atoms with Crippen LogP contribution in [0.2, 0.25) is 0 Å². The predicted octanol–water partition coefficient (Wildman–Crippen LogP) is -0.393. The fourth-order valence-electron chi connectivity index (χ4n) is 4.70. The molecule has 0 fully saturated rings. The fraction of sp³-hybridized carbons (Fsp3) is 0.448. The van der Waals surface area contributed by atoms with Gasteiger partial charge in [-0.3, -0.25) is 33.5 Å². The molecular weight excluding hydrogens is 624 g/mol. The first kappa shape index (κ1) is 35.3. The summed E-state index contributed by atoms with van der Waals surface area (Å²) in [7, 11) is -3.85. The van der Waals surface area contributed by atoms with Crippen molar-refractivity contribution in [2.75, 3.05) is 37.7 Å². The van der Waals surface area contributed by atoms with Gasteiger partial charge in [0.15, 0.2) is 0 Å². The van der Waals surface area contributed by atoms with Crippen molar-refractivity contribution in [2.45, 2.75) is 44.6 Å². The number of aromatic nitrogens is 1. The number of hydrogen-bond donors (Lipinski definition) is 6. The number of benzene rings is 1. The Bertz CT molecular complexity index is 1490. The molecule has 16 heteroatoms. The number of sulfonamides is 1. The lowest BCUT2D eigenvalue weighted by atomic mass is 10.0. The van der Waals surface area contributed by atoms with Crippen LogP contribution in [0.4, 0.5) is 0 Å². The second-order valence-electron chi connectivity index (χ2n) is 10.4. The third kappa shape index (κ3) is 11.4. The third-order valence-electron chi connectivity index (χ3n) is 7.00. The minimum Gasteiger partial charge on any atom is -0.355 e. The Morgan fingerprint density at radius 2 is 1.36 bits per heavy atom. The van der Waals surface area contributed by atoms with Gasteiger partial charge in [-0.05, 0) is 31.4 Å². The van der Waals surface area contributed by atoms with E-state index in [0.717, 1.165) is 0 Å². The van der Waals surface area contributed by atoms with E-state index < -0.39 is 45.5 Å². The summed E-state index contributed by atoms with van der Waals surface area (Å²) in [5, 5.41) is 9.61. The van der Waals surface area contributed by atoms with E-state index in [2.05, 4.69) is 38.6 Å². The van der Waals surface area contributed by atoms with Crippen molar-refractivity contribution in [2.24, 2.45) is 0 Å².